The summed E-state index contributed by atoms with van der Waals surface area (Å²) < 4.78 is 12.0. The Kier molecular flexibility index (Phi) is 8.07. The molecular weight excluding hydrogens is 504 g/mol. The van der Waals surface area contributed by atoms with Crippen LogP contribution in [-0.4, -0.2) is 54.4 Å². The maximum absolute atomic E-state index is 13.0. The predicted octanol–water partition coefficient (Wildman–Crippen LogP) is 6.45. The highest BCUT2D eigenvalue weighted by molar-refractivity contribution is 7.13. The molecule has 7 heteroatoms. The summed E-state index contributed by atoms with van der Waals surface area (Å²) in [5, 5.41) is 4.52. The molecule has 1 aliphatic carbocycles. The lowest BCUT2D eigenvalue weighted by Gasteiger charge is -2.40. The van der Waals surface area contributed by atoms with Crippen LogP contribution in [0.25, 0.3) is 10.1 Å². The van der Waals surface area contributed by atoms with Crippen LogP contribution < -0.4 is 15.0 Å². The zero-order valence-electron chi connectivity index (χ0n) is 22.3. The number of para-hydroxylation sites is 1. The lowest BCUT2D eigenvalue weighted by Crippen LogP contribution is -2.49. The van der Waals surface area contributed by atoms with Crippen molar-refractivity contribution < 1.29 is 9.53 Å². The van der Waals surface area contributed by atoms with E-state index in [1.807, 2.05) is 54.6 Å². The number of carbonyl (C=O) groups is 1. The average molecular weight is 541 g/mol. The Hall–Kier alpha value is -3.42. The normalized spacial score (nSPS) is 20.2. The van der Waals surface area contributed by atoms with Gasteiger partial charge in [-0.15, -0.1) is 0 Å². The smallest absolute Gasteiger partial charge is 0.251 e. The Labute approximate surface area is 234 Å². The second-order valence-electron chi connectivity index (χ2n) is 10.7. The summed E-state index contributed by atoms with van der Waals surface area (Å²) in [7, 11) is 0. The Morgan fingerprint density at radius 1 is 0.872 bits per heavy atom. The Morgan fingerprint density at radius 2 is 1.62 bits per heavy atom. The standard InChI is InChI=1S/C32H36N4O2S/c37-32(24-11-8-14-28(21-24)38-27-12-2-1-3-13-27)33-22-25-9-4-5-10-26(25)23-35-17-19-36(20-18-35)31-29-15-6-7-16-30(29)39-34-31/h1-3,6-8,11-16,21,25-26H,4-5,9-10,17-20,22-23H2,(H,33,37)/t25-,26+/m1/s1. The van der Waals surface area contributed by atoms with Crippen molar-refractivity contribution in [1.82, 2.24) is 14.6 Å². The summed E-state index contributed by atoms with van der Waals surface area (Å²) in [5.74, 6) is 3.70. The number of anilines is 1. The molecule has 6 nitrogen and oxygen atoms in total. The van der Waals surface area contributed by atoms with Crippen LogP contribution in [0.2, 0.25) is 0 Å². The molecule has 6 rings (SSSR count). The van der Waals surface area contributed by atoms with Crippen LogP contribution in [0.5, 0.6) is 11.5 Å². The molecule has 0 unspecified atom stereocenters. The van der Waals surface area contributed by atoms with Crippen LogP contribution in [-0.2, 0) is 0 Å². The highest BCUT2D eigenvalue weighted by Gasteiger charge is 2.29. The molecule has 0 radical (unpaired) electrons. The van der Waals surface area contributed by atoms with E-state index in [-0.39, 0.29) is 5.91 Å². The second-order valence-corrected chi connectivity index (χ2v) is 11.6. The van der Waals surface area contributed by atoms with Crippen molar-refractivity contribution >= 4 is 33.3 Å². The van der Waals surface area contributed by atoms with Crippen LogP contribution in [0.15, 0.2) is 78.9 Å². The molecular formula is C32H36N4O2S. The van der Waals surface area contributed by atoms with Crippen molar-refractivity contribution in [3.05, 3.63) is 84.4 Å². The molecule has 2 heterocycles. The van der Waals surface area contributed by atoms with Crippen molar-refractivity contribution in [2.45, 2.75) is 25.7 Å². The number of ether oxygens (including phenoxy) is 1. The number of fused-ring (bicyclic) bond motifs is 1. The molecule has 2 aliphatic rings. The lowest BCUT2D eigenvalue weighted by molar-refractivity contribution is 0.0920. The van der Waals surface area contributed by atoms with Crippen molar-refractivity contribution in [3.8, 4) is 11.5 Å². The van der Waals surface area contributed by atoms with Crippen molar-refractivity contribution in [2.75, 3.05) is 44.2 Å². The van der Waals surface area contributed by atoms with Crippen LogP contribution in [0.1, 0.15) is 36.0 Å². The summed E-state index contributed by atoms with van der Waals surface area (Å²) in [6.45, 7) is 6.02. The van der Waals surface area contributed by atoms with Gasteiger partial charge in [0.2, 0.25) is 0 Å². The van der Waals surface area contributed by atoms with Crippen molar-refractivity contribution in [3.63, 3.8) is 0 Å². The molecule has 0 bridgehead atoms. The Balaban J connectivity index is 1.01. The number of carbonyl (C=O) groups excluding carboxylic acids is 1. The molecule has 1 N–H and O–H groups in total. The van der Waals surface area contributed by atoms with Gasteiger partial charge < -0.3 is 15.0 Å². The maximum Gasteiger partial charge on any atom is 0.251 e. The van der Waals surface area contributed by atoms with Crippen molar-refractivity contribution in [2.24, 2.45) is 11.8 Å². The van der Waals surface area contributed by atoms with E-state index in [2.05, 4.69) is 39.4 Å². The third-order valence-electron chi connectivity index (χ3n) is 8.19. The van der Waals surface area contributed by atoms with Crippen LogP contribution in [0, 0.1) is 11.8 Å². The first kappa shape index (κ1) is 25.8. The van der Waals surface area contributed by atoms with Crippen LogP contribution >= 0.6 is 11.5 Å². The SMILES string of the molecule is O=C(NC[C@H]1CCCC[C@H]1CN1CCN(c2nsc3ccccc23)CC1)c1cccc(Oc2ccccc2)c1. The summed E-state index contributed by atoms with van der Waals surface area (Å²) in [5.41, 5.74) is 0.640. The van der Waals surface area contributed by atoms with E-state index in [1.54, 1.807) is 11.5 Å². The summed E-state index contributed by atoms with van der Waals surface area (Å²) in [6, 6.07) is 25.6. The number of nitrogens with one attached hydrogen (secondary N) is 1. The number of piperazine rings is 1. The van der Waals surface area contributed by atoms with Gasteiger partial charge in [-0.2, -0.15) is 4.37 Å². The second kappa shape index (κ2) is 12.2. The number of amides is 1. The molecule has 0 spiro atoms. The quantitative estimate of drug-likeness (QED) is 0.278. The number of hydrogen-bond donors (Lipinski definition) is 1. The molecule has 2 fully saturated rings. The van der Waals surface area contributed by atoms with Gasteiger partial charge in [-0.1, -0.05) is 49.2 Å². The van der Waals surface area contributed by atoms with E-state index in [1.165, 1.54) is 35.8 Å². The summed E-state index contributed by atoms with van der Waals surface area (Å²) >= 11 is 1.60. The maximum atomic E-state index is 13.0. The highest BCUT2D eigenvalue weighted by Crippen LogP contribution is 2.32. The van der Waals surface area contributed by atoms with Crippen LogP contribution in [0.3, 0.4) is 0 Å². The van der Waals surface area contributed by atoms with E-state index in [9.17, 15) is 4.79 Å². The lowest BCUT2D eigenvalue weighted by atomic mass is 9.78. The zero-order valence-corrected chi connectivity index (χ0v) is 23.1. The van der Waals surface area contributed by atoms with Gasteiger partial charge in [-0.05, 0) is 78.7 Å². The van der Waals surface area contributed by atoms with Gasteiger partial charge in [0.25, 0.3) is 5.91 Å². The number of rotatable bonds is 8. The third-order valence-corrected chi connectivity index (χ3v) is 9.01. The molecule has 4 aromatic rings. The molecule has 1 amide bonds. The molecule has 202 valence electrons. The Bertz CT molecular complexity index is 1380. The molecule has 2 atom stereocenters. The monoisotopic (exact) mass is 540 g/mol. The van der Waals surface area contributed by atoms with E-state index in [0.29, 0.717) is 23.1 Å². The predicted molar refractivity (Wildman–Crippen MR) is 159 cm³/mol. The average Bonchev–Trinajstić information content (AvgIpc) is 3.42. The first-order chi connectivity index (χ1) is 19.2. The minimum absolute atomic E-state index is 0.0260. The van der Waals surface area contributed by atoms with Gasteiger partial charge in [0.05, 0.1) is 4.70 Å². The van der Waals surface area contributed by atoms with Gasteiger partial charge in [-0.25, -0.2) is 0 Å². The number of hydrogen-bond acceptors (Lipinski definition) is 6. The molecule has 3 aromatic carbocycles. The number of benzene rings is 3. The van der Waals surface area contributed by atoms with Gasteiger partial charge in [0.15, 0.2) is 0 Å². The fraction of sp³-hybridized carbons (Fsp3) is 0.375. The zero-order chi connectivity index (χ0) is 26.4. The minimum atomic E-state index is -0.0260. The summed E-state index contributed by atoms with van der Waals surface area (Å²) in [4.78, 5) is 18.1. The first-order valence-corrected chi connectivity index (χ1v) is 14.9. The van der Waals surface area contributed by atoms with Gasteiger partial charge in [0, 0.05) is 50.2 Å². The van der Waals surface area contributed by atoms with Crippen molar-refractivity contribution in [1.29, 1.82) is 0 Å². The van der Waals surface area contributed by atoms with Gasteiger partial charge >= 0.3 is 0 Å². The Morgan fingerprint density at radius 3 is 2.46 bits per heavy atom. The molecule has 1 saturated heterocycles. The minimum Gasteiger partial charge on any atom is -0.457 e. The van der Waals surface area contributed by atoms with E-state index in [0.717, 1.165) is 50.8 Å². The van der Waals surface area contributed by atoms with Crippen LogP contribution in [0.4, 0.5) is 5.82 Å². The third kappa shape index (κ3) is 6.26. The molecule has 1 aliphatic heterocycles. The highest BCUT2D eigenvalue weighted by atomic mass is 32.1. The largest absolute Gasteiger partial charge is 0.457 e. The molecule has 39 heavy (non-hydrogen) atoms. The first-order valence-electron chi connectivity index (χ1n) is 14.2. The number of aromatic nitrogens is 1. The molecule has 1 saturated carbocycles. The topological polar surface area (TPSA) is 57.7 Å². The van der Waals surface area contributed by atoms with E-state index >= 15 is 0 Å². The fourth-order valence-electron chi connectivity index (χ4n) is 6.02. The van der Waals surface area contributed by atoms with Gasteiger partial charge in [-0.3, -0.25) is 9.69 Å². The fourth-order valence-corrected chi connectivity index (χ4v) is 6.82. The van der Waals surface area contributed by atoms with Gasteiger partial charge in [0.1, 0.15) is 17.3 Å². The summed E-state index contributed by atoms with van der Waals surface area (Å²) in [6.07, 6.45) is 4.98. The number of nitrogens with zero attached hydrogens (tertiary/aromatic N) is 3. The molecule has 1 aromatic heterocycles. The van der Waals surface area contributed by atoms with E-state index in [4.69, 9.17) is 9.11 Å². The van der Waals surface area contributed by atoms with E-state index < -0.39 is 0 Å².